The number of hydrogen-bond donors (Lipinski definition) is 1. The van der Waals surface area contributed by atoms with E-state index in [0.717, 1.165) is 6.42 Å². The zero-order chi connectivity index (χ0) is 9.84. The summed E-state index contributed by atoms with van der Waals surface area (Å²) in [5.74, 6) is 0.0134. The molecule has 0 aromatic heterocycles. The van der Waals surface area contributed by atoms with Gasteiger partial charge in [-0.1, -0.05) is 26.0 Å². The Morgan fingerprint density at radius 3 is 2.62 bits per heavy atom. The fourth-order valence-corrected chi connectivity index (χ4v) is 1.68. The van der Waals surface area contributed by atoms with Crippen LogP contribution in [0.5, 0.6) is 0 Å². The van der Waals surface area contributed by atoms with Gasteiger partial charge < -0.3 is 5.11 Å². The predicted octanol–water partition coefficient (Wildman–Crippen LogP) is 2.70. The van der Waals surface area contributed by atoms with Gasteiger partial charge >= 0.3 is 5.97 Å². The number of allylic oxidation sites excluding steroid dienone is 1. The Morgan fingerprint density at radius 1 is 1.62 bits per heavy atom. The highest BCUT2D eigenvalue weighted by molar-refractivity contribution is 5.72. The van der Waals surface area contributed by atoms with E-state index in [1.165, 1.54) is 12.8 Å². The molecule has 0 heterocycles. The molecule has 2 heteroatoms. The number of aliphatic carboxylic acids is 1. The summed E-state index contributed by atoms with van der Waals surface area (Å²) in [7, 11) is 0. The highest BCUT2D eigenvalue weighted by atomic mass is 16.4. The summed E-state index contributed by atoms with van der Waals surface area (Å²) in [6.07, 6.45) is 7.15. The number of carboxylic acid groups (broad SMARTS) is 1. The molecule has 74 valence electrons. The summed E-state index contributed by atoms with van der Waals surface area (Å²) in [6.45, 7) is 4.08. The van der Waals surface area contributed by atoms with E-state index in [9.17, 15) is 4.79 Å². The third-order valence-electron chi connectivity index (χ3n) is 2.80. The van der Waals surface area contributed by atoms with Crippen LogP contribution in [0.3, 0.4) is 0 Å². The minimum absolute atomic E-state index is 0.271. The monoisotopic (exact) mass is 182 g/mol. The van der Waals surface area contributed by atoms with E-state index in [0.29, 0.717) is 11.8 Å². The molecular weight excluding hydrogens is 164 g/mol. The molecule has 1 N–H and O–H groups in total. The van der Waals surface area contributed by atoms with Crippen molar-refractivity contribution in [2.45, 2.75) is 33.1 Å². The van der Waals surface area contributed by atoms with Gasteiger partial charge in [0.2, 0.25) is 0 Å². The first kappa shape index (κ1) is 10.3. The van der Waals surface area contributed by atoms with Crippen LogP contribution < -0.4 is 0 Å². The minimum Gasteiger partial charge on any atom is -0.481 e. The van der Waals surface area contributed by atoms with Crippen LogP contribution in [0.4, 0.5) is 0 Å². The van der Waals surface area contributed by atoms with E-state index in [-0.39, 0.29) is 5.92 Å². The van der Waals surface area contributed by atoms with Crippen LogP contribution in [0.2, 0.25) is 0 Å². The quantitative estimate of drug-likeness (QED) is 0.664. The van der Waals surface area contributed by atoms with Crippen molar-refractivity contribution in [3.8, 4) is 0 Å². The molecule has 0 aromatic rings. The number of carbonyl (C=O) groups is 1. The van der Waals surface area contributed by atoms with Crippen molar-refractivity contribution in [2.75, 3.05) is 0 Å². The van der Waals surface area contributed by atoms with Crippen molar-refractivity contribution in [2.24, 2.45) is 17.8 Å². The Labute approximate surface area is 79.6 Å². The summed E-state index contributed by atoms with van der Waals surface area (Å²) in [5.41, 5.74) is 0. The fourth-order valence-electron chi connectivity index (χ4n) is 1.68. The lowest BCUT2D eigenvalue weighted by molar-refractivity contribution is -0.141. The number of carboxylic acids is 1. The van der Waals surface area contributed by atoms with Crippen LogP contribution in [0.25, 0.3) is 0 Å². The zero-order valence-electron chi connectivity index (χ0n) is 8.36. The Balaban J connectivity index is 2.54. The molecule has 0 amide bonds. The molecule has 0 radical (unpaired) electrons. The van der Waals surface area contributed by atoms with Gasteiger partial charge in [-0.15, -0.1) is 0 Å². The van der Waals surface area contributed by atoms with Crippen LogP contribution in [0, 0.1) is 17.8 Å². The lowest BCUT2D eigenvalue weighted by atomic mass is 9.89. The Morgan fingerprint density at radius 2 is 2.23 bits per heavy atom. The third-order valence-corrected chi connectivity index (χ3v) is 2.80. The predicted molar refractivity (Wildman–Crippen MR) is 52.4 cm³/mol. The van der Waals surface area contributed by atoms with Crippen molar-refractivity contribution in [1.29, 1.82) is 0 Å². The van der Waals surface area contributed by atoms with E-state index < -0.39 is 5.97 Å². The molecule has 2 atom stereocenters. The molecule has 0 aliphatic heterocycles. The summed E-state index contributed by atoms with van der Waals surface area (Å²) in [6, 6.07) is 0. The molecular formula is C11H18O2. The maximum Gasteiger partial charge on any atom is 0.310 e. The molecule has 1 rings (SSSR count). The first-order valence-corrected chi connectivity index (χ1v) is 5.06. The summed E-state index contributed by atoms with van der Waals surface area (Å²) >= 11 is 0. The fraction of sp³-hybridized carbons (Fsp3) is 0.727. The molecule has 13 heavy (non-hydrogen) atoms. The van der Waals surface area contributed by atoms with Crippen molar-refractivity contribution >= 4 is 5.97 Å². The summed E-state index contributed by atoms with van der Waals surface area (Å²) < 4.78 is 0. The second-order valence-corrected chi connectivity index (χ2v) is 3.90. The molecule has 1 aliphatic rings. The SMILES string of the molecule is CC/C=C\C(C(=O)O)C(C)C1CC1. The van der Waals surface area contributed by atoms with Crippen molar-refractivity contribution in [3.05, 3.63) is 12.2 Å². The largest absolute Gasteiger partial charge is 0.481 e. The Bertz CT molecular complexity index is 204. The maximum atomic E-state index is 10.9. The lowest BCUT2D eigenvalue weighted by Crippen LogP contribution is -2.20. The molecule has 2 nitrogen and oxygen atoms in total. The second kappa shape index (κ2) is 4.45. The van der Waals surface area contributed by atoms with Crippen LogP contribution in [0.1, 0.15) is 33.1 Å². The molecule has 0 saturated heterocycles. The van der Waals surface area contributed by atoms with Crippen molar-refractivity contribution in [3.63, 3.8) is 0 Å². The molecule has 1 fully saturated rings. The first-order valence-electron chi connectivity index (χ1n) is 5.06. The van der Waals surface area contributed by atoms with Gasteiger partial charge in [-0.05, 0) is 31.1 Å². The standard InChI is InChI=1S/C11H18O2/c1-3-4-5-10(11(12)13)8(2)9-6-7-9/h4-5,8-10H,3,6-7H2,1-2H3,(H,12,13)/b5-4-. The Kier molecular flexibility index (Phi) is 3.52. The number of rotatable bonds is 5. The topological polar surface area (TPSA) is 37.3 Å². The van der Waals surface area contributed by atoms with Gasteiger partial charge in [0, 0.05) is 0 Å². The van der Waals surface area contributed by atoms with Crippen LogP contribution in [-0.4, -0.2) is 11.1 Å². The van der Waals surface area contributed by atoms with Gasteiger partial charge in [-0.2, -0.15) is 0 Å². The van der Waals surface area contributed by atoms with E-state index >= 15 is 0 Å². The normalized spacial score (nSPS) is 21.7. The van der Waals surface area contributed by atoms with Crippen LogP contribution in [-0.2, 0) is 4.79 Å². The maximum absolute atomic E-state index is 10.9. The Hall–Kier alpha value is -0.790. The molecule has 0 bridgehead atoms. The third kappa shape index (κ3) is 2.87. The van der Waals surface area contributed by atoms with Crippen molar-refractivity contribution in [1.82, 2.24) is 0 Å². The van der Waals surface area contributed by atoms with Gasteiger partial charge in [0.15, 0.2) is 0 Å². The van der Waals surface area contributed by atoms with Crippen LogP contribution >= 0.6 is 0 Å². The number of hydrogen-bond acceptors (Lipinski definition) is 1. The highest BCUT2D eigenvalue weighted by Crippen LogP contribution is 2.40. The average molecular weight is 182 g/mol. The van der Waals surface area contributed by atoms with E-state index in [1.54, 1.807) is 0 Å². The van der Waals surface area contributed by atoms with Crippen LogP contribution in [0.15, 0.2) is 12.2 Å². The van der Waals surface area contributed by atoms with Gasteiger partial charge in [0.05, 0.1) is 5.92 Å². The van der Waals surface area contributed by atoms with Gasteiger partial charge in [0.1, 0.15) is 0 Å². The smallest absolute Gasteiger partial charge is 0.310 e. The summed E-state index contributed by atoms with van der Waals surface area (Å²) in [5, 5.41) is 9.00. The van der Waals surface area contributed by atoms with Gasteiger partial charge in [-0.3, -0.25) is 4.79 Å². The van der Waals surface area contributed by atoms with Gasteiger partial charge in [0.25, 0.3) is 0 Å². The molecule has 2 unspecified atom stereocenters. The van der Waals surface area contributed by atoms with E-state index in [4.69, 9.17) is 5.11 Å². The van der Waals surface area contributed by atoms with E-state index in [2.05, 4.69) is 6.92 Å². The van der Waals surface area contributed by atoms with Gasteiger partial charge in [-0.25, -0.2) is 0 Å². The summed E-state index contributed by atoms with van der Waals surface area (Å²) in [4.78, 5) is 10.9. The van der Waals surface area contributed by atoms with Crippen molar-refractivity contribution < 1.29 is 9.90 Å². The lowest BCUT2D eigenvalue weighted by Gasteiger charge is -2.15. The molecule has 0 aromatic carbocycles. The highest BCUT2D eigenvalue weighted by Gasteiger charge is 2.35. The van der Waals surface area contributed by atoms with E-state index in [1.807, 2.05) is 19.1 Å². The average Bonchev–Trinajstić information content (AvgIpc) is 2.86. The molecule has 0 spiro atoms. The zero-order valence-corrected chi connectivity index (χ0v) is 8.36. The first-order chi connectivity index (χ1) is 6.16. The second-order valence-electron chi connectivity index (χ2n) is 3.90. The molecule has 1 saturated carbocycles. The minimum atomic E-state index is -0.677. The molecule has 1 aliphatic carbocycles.